The Balaban J connectivity index is 1.43. The van der Waals surface area contributed by atoms with Crippen LogP contribution in [0.5, 0.6) is 0 Å². The van der Waals surface area contributed by atoms with Crippen molar-refractivity contribution in [3.63, 3.8) is 0 Å². The van der Waals surface area contributed by atoms with E-state index in [1.165, 1.54) is 97.4 Å². The topological polar surface area (TPSA) is 80.4 Å². The Bertz CT molecular complexity index is 3510. The number of anilines is 1. The number of fused-ring (bicyclic) bond motifs is 2. The van der Waals surface area contributed by atoms with Crippen molar-refractivity contribution in [1.29, 1.82) is 0 Å². The summed E-state index contributed by atoms with van der Waals surface area (Å²) in [7, 11) is 0. The average molecular weight is 642 g/mol. The second kappa shape index (κ2) is 7.69. The second-order valence-corrected chi connectivity index (χ2v) is 15.9. The van der Waals surface area contributed by atoms with Crippen molar-refractivity contribution in [2.75, 3.05) is 5.73 Å². The fourth-order valence-electron chi connectivity index (χ4n) is 12.3. The molecule has 0 saturated carbocycles. The maximum absolute atomic E-state index is 13.9. The molecule has 0 saturated heterocycles. The number of benzene rings is 6. The van der Waals surface area contributed by atoms with Gasteiger partial charge in [-0.1, -0.05) is 63.8 Å². The summed E-state index contributed by atoms with van der Waals surface area (Å²) in [6.45, 7) is 0. The quantitative estimate of drug-likeness (QED) is 0.150. The van der Waals surface area contributed by atoms with Crippen LogP contribution in [0.1, 0.15) is 68.1 Å². The molecule has 0 atom stereocenters. The maximum atomic E-state index is 13.9. The van der Waals surface area contributed by atoms with E-state index in [1.807, 2.05) is 12.2 Å². The van der Waals surface area contributed by atoms with Gasteiger partial charge in [-0.2, -0.15) is 0 Å². The van der Waals surface area contributed by atoms with Crippen molar-refractivity contribution in [2.45, 2.75) is 51.4 Å². The van der Waals surface area contributed by atoms with Crippen LogP contribution >= 0.6 is 0 Å². The highest BCUT2D eigenvalue weighted by molar-refractivity contribution is 6.42. The Morgan fingerprint density at radius 3 is 2.04 bits per heavy atom. The number of carboxylic acid groups (broad SMARTS) is 1. The molecule has 0 radical (unpaired) electrons. The molecule has 0 heterocycles. The Morgan fingerprint density at radius 1 is 0.580 bits per heavy atom. The Hall–Kier alpha value is -5.74. The Morgan fingerprint density at radius 2 is 1.20 bits per heavy atom. The standard InChI is InChI=1S/C46H27NO3/c47-45-43-29-19(5-2-6-27(29)48)13-25-15-21-8-7-20-14-23-11-17-3-1-4-18-12-24-16-22-9-10-26(46(49)50)36-32(22)40-34(24)37(28(17)18)33(23)38-30(20)31(21)39(35(25)43)42(41(38)40)44(36)45/h1-3,6-7,10-11,14H,4-5,8-9,12-13,15-16,47H2,(H,49,50). The molecule has 0 unspecified atom stereocenters. The molecule has 0 bridgehead atoms. The van der Waals surface area contributed by atoms with E-state index in [9.17, 15) is 14.7 Å². The molecule has 6 aromatic carbocycles. The zero-order chi connectivity index (χ0) is 32.6. The normalized spacial score (nSPS) is 20.3. The van der Waals surface area contributed by atoms with E-state index >= 15 is 0 Å². The maximum Gasteiger partial charge on any atom is 0.336 e. The molecule has 0 amide bonds. The van der Waals surface area contributed by atoms with Gasteiger partial charge in [-0.25, -0.2) is 4.79 Å². The minimum atomic E-state index is -0.914. The summed E-state index contributed by atoms with van der Waals surface area (Å²) in [6, 6.07) is 4.87. The van der Waals surface area contributed by atoms with Gasteiger partial charge >= 0.3 is 5.97 Å². The van der Waals surface area contributed by atoms with Crippen molar-refractivity contribution >= 4 is 122 Å². The largest absolute Gasteiger partial charge is 0.478 e. The van der Waals surface area contributed by atoms with Crippen LogP contribution < -0.4 is 37.0 Å². The van der Waals surface area contributed by atoms with Gasteiger partial charge in [0.1, 0.15) is 0 Å². The highest BCUT2D eigenvalue weighted by atomic mass is 16.4. The Labute approximate surface area is 283 Å². The third-order valence-corrected chi connectivity index (χ3v) is 13.8. The number of nitrogen functional groups attached to an aromatic ring is 1. The van der Waals surface area contributed by atoms with Gasteiger partial charge < -0.3 is 10.8 Å². The number of hydrogen-bond acceptors (Lipinski definition) is 3. The lowest BCUT2D eigenvalue weighted by Gasteiger charge is -2.35. The number of allylic oxidation sites excluding steroid dienone is 6. The molecule has 3 N–H and O–H groups in total. The first-order valence-corrected chi connectivity index (χ1v) is 18.0. The van der Waals surface area contributed by atoms with Gasteiger partial charge in [-0.05, 0) is 144 Å². The molecule has 8 aliphatic rings. The van der Waals surface area contributed by atoms with Gasteiger partial charge in [0, 0.05) is 38.5 Å². The van der Waals surface area contributed by atoms with Crippen molar-refractivity contribution in [2.24, 2.45) is 0 Å². The molecular formula is C46H27NO3. The zero-order valence-corrected chi connectivity index (χ0v) is 27.1. The smallest absolute Gasteiger partial charge is 0.336 e. The predicted molar refractivity (Wildman–Crippen MR) is 203 cm³/mol. The summed E-state index contributed by atoms with van der Waals surface area (Å²) in [6.07, 6.45) is 19.5. The van der Waals surface area contributed by atoms with Gasteiger partial charge in [0.2, 0.25) is 0 Å². The first-order valence-electron chi connectivity index (χ1n) is 18.0. The molecule has 0 aromatic heterocycles. The molecule has 50 heavy (non-hydrogen) atoms. The van der Waals surface area contributed by atoms with E-state index in [2.05, 4.69) is 30.4 Å². The van der Waals surface area contributed by atoms with Crippen LogP contribution in [0, 0.1) is 0 Å². The van der Waals surface area contributed by atoms with E-state index in [-0.39, 0.29) is 5.78 Å². The number of hydrogen-bond donors (Lipinski definition) is 2. The monoisotopic (exact) mass is 641 g/mol. The fraction of sp³-hybridized carbons (Fsp3) is 0.174. The van der Waals surface area contributed by atoms with Crippen LogP contribution in [0.2, 0.25) is 0 Å². The van der Waals surface area contributed by atoms with E-state index < -0.39 is 5.97 Å². The minimum Gasteiger partial charge on any atom is -0.478 e. The van der Waals surface area contributed by atoms with Crippen LogP contribution in [0.3, 0.4) is 0 Å². The van der Waals surface area contributed by atoms with Crippen LogP contribution in [-0.2, 0) is 9.59 Å². The minimum absolute atomic E-state index is 0.0150. The number of ketones is 1. The van der Waals surface area contributed by atoms with E-state index in [1.54, 1.807) is 6.08 Å². The van der Waals surface area contributed by atoms with Crippen LogP contribution in [0.25, 0.3) is 105 Å². The lowest BCUT2D eigenvalue weighted by Crippen LogP contribution is -2.39. The van der Waals surface area contributed by atoms with Crippen LogP contribution in [0.15, 0.2) is 42.0 Å². The zero-order valence-electron chi connectivity index (χ0n) is 27.1. The molecular weight excluding hydrogens is 615 g/mol. The summed E-state index contributed by atoms with van der Waals surface area (Å²) in [5.74, 6) is -0.899. The molecule has 0 aliphatic heterocycles. The number of carbonyl (C=O) groups is 2. The van der Waals surface area contributed by atoms with Gasteiger partial charge in [0.05, 0.1) is 5.57 Å². The van der Waals surface area contributed by atoms with Gasteiger partial charge in [-0.3, -0.25) is 4.79 Å². The van der Waals surface area contributed by atoms with E-state index in [0.717, 1.165) is 88.4 Å². The lowest BCUT2D eigenvalue weighted by atomic mass is 9.68. The van der Waals surface area contributed by atoms with Gasteiger partial charge in [0.25, 0.3) is 0 Å². The molecule has 4 heteroatoms. The summed E-state index contributed by atoms with van der Waals surface area (Å²) in [4.78, 5) is 27.2. The highest BCUT2D eigenvalue weighted by Crippen LogP contribution is 2.50. The number of carbonyl (C=O) groups excluding carboxylic acids is 1. The molecule has 234 valence electrons. The number of rotatable bonds is 1. The molecule has 8 aliphatic carbocycles. The summed E-state index contributed by atoms with van der Waals surface area (Å²) in [5, 5.41) is 31.0. The fourth-order valence-corrected chi connectivity index (χ4v) is 12.3. The Kier molecular flexibility index (Phi) is 3.88. The summed E-state index contributed by atoms with van der Waals surface area (Å²) >= 11 is 0. The molecule has 0 spiro atoms. The van der Waals surface area contributed by atoms with E-state index in [0.29, 0.717) is 17.7 Å². The molecule has 4 nitrogen and oxygen atoms in total. The SMILES string of the molecule is Nc1c2c3c4c5c6c(cc7cc8c9c%10c%11c%12c%13c(c1c4c%12c6c7%10)C(C(=O)O)=CCC=%13CC=%11CC=9CC=C8)=CCC=5CC=3CC1=C2C(=O)C=CC1. The highest BCUT2D eigenvalue weighted by Gasteiger charge is 2.38. The number of aliphatic carboxylic acids is 1. The second-order valence-electron chi connectivity index (χ2n) is 15.9. The third-order valence-electron chi connectivity index (χ3n) is 13.8. The van der Waals surface area contributed by atoms with Gasteiger partial charge in [-0.15, -0.1) is 0 Å². The van der Waals surface area contributed by atoms with Crippen molar-refractivity contribution in [3.05, 3.63) is 90.0 Å². The third kappa shape index (κ3) is 2.42. The van der Waals surface area contributed by atoms with Crippen molar-refractivity contribution < 1.29 is 14.7 Å². The molecule has 0 fully saturated rings. The number of carboxylic acids is 1. The molecule has 14 rings (SSSR count). The summed E-state index contributed by atoms with van der Waals surface area (Å²) < 4.78 is 0. The van der Waals surface area contributed by atoms with Crippen LogP contribution in [-0.4, -0.2) is 16.9 Å². The molecule has 6 aromatic rings. The predicted octanol–water partition coefficient (Wildman–Crippen LogP) is 5.03. The van der Waals surface area contributed by atoms with E-state index in [4.69, 9.17) is 5.73 Å². The van der Waals surface area contributed by atoms with Crippen molar-refractivity contribution in [3.8, 4) is 0 Å². The first kappa shape index (κ1) is 25.3. The lowest BCUT2D eigenvalue weighted by molar-refractivity contribution is -0.130. The number of nitrogens with two attached hydrogens (primary N) is 1. The van der Waals surface area contributed by atoms with Gasteiger partial charge in [0.15, 0.2) is 5.78 Å². The van der Waals surface area contributed by atoms with Crippen molar-refractivity contribution in [1.82, 2.24) is 0 Å². The first-order chi connectivity index (χ1) is 24.5. The van der Waals surface area contributed by atoms with Crippen LogP contribution in [0.4, 0.5) is 5.69 Å². The summed E-state index contributed by atoms with van der Waals surface area (Å²) in [5.41, 5.74) is 20.4. The average Bonchev–Trinajstić information content (AvgIpc) is 3.11.